The van der Waals surface area contributed by atoms with Crippen molar-refractivity contribution in [2.24, 2.45) is 4.99 Å². The number of aromatic nitrogens is 1. The first-order valence-electron chi connectivity index (χ1n) is 13.3. The number of ether oxygens (including phenoxy) is 2. The van der Waals surface area contributed by atoms with Crippen LogP contribution in [-0.2, 0) is 16.1 Å². The Labute approximate surface area is 255 Å². The van der Waals surface area contributed by atoms with Crippen LogP contribution in [0.2, 0.25) is 5.02 Å². The molecule has 9 heteroatoms. The van der Waals surface area contributed by atoms with Gasteiger partial charge in [-0.15, -0.1) is 11.3 Å². The van der Waals surface area contributed by atoms with E-state index in [0.717, 1.165) is 21.6 Å². The van der Waals surface area contributed by atoms with Crippen LogP contribution < -0.4 is 19.6 Å². The number of para-hydroxylation sites is 1. The molecule has 0 spiro atoms. The lowest BCUT2D eigenvalue weighted by Gasteiger charge is -2.24. The van der Waals surface area contributed by atoms with Crippen molar-refractivity contribution in [1.29, 1.82) is 0 Å². The molecule has 3 aromatic carbocycles. The van der Waals surface area contributed by atoms with Crippen LogP contribution in [0.1, 0.15) is 34.5 Å². The summed E-state index contributed by atoms with van der Waals surface area (Å²) in [6, 6.07) is 27.8. The highest BCUT2D eigenvalue weighted by atomic mass is 35.5. The second-order valence-corrected chi connectivity index (χ2v) is 11.8. The SMILES string of the molecule is CCOC(=O)C1=C(c2ccccc2)N=c2s/c(=C\c3ccccc3OCc3cccc(Cl)c3)c(=O)n2[C@@H]1c1cccs1. The van der Waals surface area contributed by atoms with E-state index < -0.39 is 12.0 Å². The van der Waals surface area contributed by atoms with Crippen LogP contribution in [0.25, 0.3) is 11.8 Å². The Bertz CT molecular complexity index is 1960. The summed E-state index contributed by atoms with van der Waals surface area (Å²) in [5, 5.41) is 2.58. The van der Waals surface area contributed by atoms with E-state index in [1.54, 1.807) is 11.5 Å². The molecule has 0 unspecified atom stereocenters. The molecule has 0 bridgehead atoms. The van der Waals surface area contributed by atoms with Crippen molar-refractivity contribution in [2.45, 2.75) is 19.6 Å². The number of hydrogen-bond donors (Lipinski definition) is 0. The number of nitrogens with zero attached hydrogens (tertiary/aromatic N) is 2. The van der Waals surface area contributed by atoms with Crippen LogP contribution in [0.4, 0.5) is 0 Å². The van der Waals surface area contributed by atoms with Gasteiger partial charge in [0, 0.05) is 21.0 Å². The fourth-order valence-corrected chi connectivity index (χ4v) is 6.84. The number of esters is 1. The highest BCUT2D eigenvalue weighted by Crippen LogP contribution is 2.36. The number of thiophene rings is 1. The van der Waals surface area contributed by atoms with Gasteiger partial charge in [0.15, 0.2) is 4.80 Å². The van der Waals surface area contributed by atoms with E-state index in [2.05, 4.69) is 0 Å². The minimum absolute atomic E-state index is 0.206. The molecular formula is C33H25ClN2O4S2. The van der Waals surface area contributed by atoms with Crippen molar-refractivity contribution in [3.05, 3.63) is 148 Å². The highest BCUT2D eigenvalue weighted by molar-refractivity contribution is 7.10. The maximum Gasteiger partial charge on any atom is 0.338 e. The molecule has 2 aromatic heterocycles. The third kappa shape index (κ3) is 5.61. The minimum atomic E-state index is -0.674. The van der Waals surface area contributed by atoms with Crippen LogP contribution in [0.5, 0.6) is 5.75 Å². The van der Waals surface area contributed by atoms with E-state index in [-0.39, 0.29) is 12.2 Å². The maximum absolute atomic E-state index is 14.1. The zero-order chi connectivity index (χ0) is 29.1. The summed E-state index contributed by atoms with van der Waals surface area (Å²) in [4.78, 5) is 33.8. The molecule has 0 saturated carbocycles. The molecular weight excluding hydrogens is 588 g/mol. The van der Waals surface area contributed by atoms with Gasteiger partial charge in [0.2, 0.25) is 0 Å². The number of carbonyl (C=O) groups is 1. The van der Waals surface area contributed by atoms with E-state index in [4.69, 9.17) is 26.1 Å². The van der Waals surface area contributed by atoms with Crippen molar-refractivity contribution in [2.75, 3.05) is 6.61 Å². The minimum Gasteiger partial charge on any atom is -0.488 e. The van der Waals surface area contributed by atoms with E-state index >= 15 is 0 Å². The second-order valence-electron chi connectivity index (χ2n) is 9.40. The number of thiazole rings is 1. The molecule has 0 fully saturated rings. The molecule has 0 N–H and O–H groups in total. The Morgan fingerprint density at radius 2 is 1.83 bits per heavy atom. The molecule has 1 aliphatic rings. The molecule has 1 atom stereocenters. The molecule has 0 aliphatic carbocycles. The molecule has 0 radical (unpaired) electrons. The van der Waals surface area contributed by atoms with Gasteiger partial charge in [-0.3, -0.25) is 9.36 Å². The molecule has 0 amide bonds. The number of rotatable bonds is 8. The largest absolute Gasteiger partial charge is 0.488 e. The normalized spacial score (nSPS) is 14.8. The molecule has 5 aromatic rings. The first-order valence-corrected chi connectivity index (χ1v) is 15.4. The van der Waals surface area contributed by atoms with Crippen LogP contribution in [-0.4, -0.2) is 17.1 Å². The van der Waals surface area contributed by atoms with Gasteiger partial charge >= 0.3 is 5.97 Å². The summed E-state index contributed by atoms with van der Waals surface area (Å²) < 4.78 is 13.7. The number of hydrogen-bond acceptors (Lipinski definition) is 7. The second kappa shape index (κ2) is 12.3. The summed E-state index contributed by atoms with van der Waals surface area (Å²) in [6.45, 7) is 2.30. The fourth-order valence-electron chi connectivity index (χ4n) is 4.82. The van der Waals surface area contributed by atoms with Crippen molar-refractivity contribution in [3.8, 4) is 5.75 Å². The Kier molecular flexibility index (Phi) is 8.19. The predicted molar refractivity (Wildman–Crippen MR) is 168 cm³/mol. The number of carbonyl (C=O) groups excluding carboxylic acids is 1. The molecule has 0 saturated heterocycles. The average molecular weight is 613 g/mol. The number of fused-ring (bicyclic) bond motifs is 1. The zero-order valence-corrected chi connectivity index (χ0v) is 24.9. The van der Waals surface area contributed by atoms with Gasteiger partial charge in [0.05, 0.1) is 22.4 Å². The topological polar surface area (TPSA) is 69.9 Å². The van der Waals surface area contributed by atoms with Gasteiger partial charge < -0.3 is 9.47 Å². The summed E-state index contributed by atoms with van der Waals surface area (Å²) >= 11 is 8.90. The van der Waals surface area contributed by atoms with Crippen molar-refractivity contribution < 1.29 is 14.3 Å². The Balaban J connectivity index is 1.50. The van der Waals surface area contributed by atoms with Crippen molar-refractivity contribution in [3.63, 3.8) is 0 Å². The predicted octanol–water partition coefficient (Wildman–Crippen LogP) is 6.23. The summed E-state index contributed by atoms with van der Waals surface area (Å²) in [5.41, 5.74) is 3.08. The smallest absolute Gasteiger partial charge is 0.338 e. The third-order valence-corrected chi connectivity index (χ3v) is 8.82. The fraction of sp³-hybridized carbons (Fsp3) is 0.121. The molecule has 210 valence electrons. The number of benzene rings is 3. The van der Waals surface area contributed by atoms with Gasteiger partial charge in [-0.05, 0) is 48.2 Å². The third-order valence-electron chi connectivity index (χ3n) is 6.68. The average Bonchev–Trinajstić information content (AvgIpc) is 3.65. The van der Waals surface area contributed by atoms with Crippen LogP contribution in [0, 0.1) is 0 Å². The highest BCUT2D eigenvalue weighted by Gasteiger charge is 2.35. The zero-order valence-electron chi connectivity index (χ0n) is 22.5. The molecule has 42 heavy (non-hydrogen) atoms. The Hall–Kier alpha value is -4.24. The maximum atomic E-state index is 14.1. The van der Waals surface area contributed by atoms with Crippen LogP contribution in [0.3, 0.4) is 0 Å². The van der Waals surface area contributed by atoms with Gasteiger partial charge in [0.25, 0.3) is 5.56 Å². The molecule has 3 heterocycles. The van der Waals surface area contributed by atoms with E-state index in [1.807, 2.05) is 102 Å². The van der Waals surface area contributed by atoms with Gasteiger partial charge in [-0.2, -0.15) is 0 Å². The monoisotopic (exact) mass is 612 g/mol. The van der Waals surface area contributed by atoms with Crippen molar-refractivity contribution in [1.82, 2.24) is 4.57 Å². The van der Waals surface area contributed by atoms with E-state index in [0.29, 0.717) is 38.0 Å². The molecule has 6 rings (SSSR count). The van der Waals surface area contributed by atoms with Crippen LogP contribution >= 0.6 is 34.3 Å². The van der Waals surface area contributed by atoms with E-state index in [1.165, 1.54) is 22.7 Å². The van der Waals surface area contributed by atoms with Gasteiger partial charge in [-0.1, -0.05) is 89.7 Å². The Morgan fingerprint density at radius 3 is 2.60 bits per heavy atom. The number of halogens is 1. The quantitative estimate of drug-likeness (QED) is 0.195. The summed E-state index contributed by atoms with van der Waals surface area (Å²) in [7, 11) is 0. The molecule has 6 nitrogen and oxygen atoms in total. The lowest BCUT2D eigenvalue weighted by Crippen LogP contribution is -2.39. The lowest BCUT2D eigenvalue weighted by molar-refractivity contribution is -0.138. The summed E-state index contributed by atoms with van der Waals surface area (Å²) in [6.07, 6.45) is 1.82. The van der Waals surface area contributed by atoms with E-state index in [9.17, 15) is 9.59 Å². The Morgan fingerprint density at radius 1 is 1.02 bits per heavy atom. The first kappa shape index (κ1) is 27.9. The van der Waals surface area contributed by atoms with Gasteiger partial charge in [-0.25, -0.2) is 9.79 Å². The molecule has 1 aliphatic heterocycles. The summed E-state index contributed by atoms with van der Waals surface area (Å²) in [5.74, 6) is 0.142. The lowest BCUT2D eigenvalue weighted by atomic mass is 9.97. The standard InChI is InChI=1S/C33H25ClN2O4S2/c1-2-39-32(38)28-29(22-11-4-3-5-12-22)35-33-36(30(28)26-16-9-17-41-26)31(37)27(42-33)19-23-13-6-7-15-25(23)40-20-21-10-8-14-24(34)18-21/h3-19,30H,2,20H2,1H3/b27-19-/t30-/m1/s1. The van der Waals surface area contributed by atoms with Crippen molar-refractivity contribution >= 4 is 52.0 Å². The first-order chi connectivity index (χ1) is 20.5. The van der Waals surface area contributed by atoms with Crippen LogP contribution in [0.15, 0.2) is 112 Å². The van der Waals surface area contributed by atoms with Gasteiger partial charge in [0.1, 0.15) is 18.4 Å².